The standard InChI is InChI=1S/C19H23FN4O/c1-13-4-5-15(10-17(13)20)12-24-19(22-3)23-11-14-6-8-16(9-7-14)18(25)21-2/h4-10H,11-12H2,1-3H3,(H,21,25)(H2,22,23,24). The van der Waals surface area contributed by atoms with E-state index in [4.69, 9.17) is 0 Å². The van der Waals surface area contributed by atoms with Gasteiger partial charge in [0, 0.05) is 32.7 Å². The number of aliphatic imine (C=N–C) groups is 1. The van der Waals surface area contributed by atoms with Crippen LogP contribution in [-0.2, 0) is 13.1 Å². The second kappa shape index (κ2) is 8.82. The summed E-state index contributed by atoms with van der Waals surface area (Å²) in [5.74, 6) is 0.303. The summed E-state index contributed by atoms with van der Waals surface area (Å²) in [4.78, 5) is 15.7. The summed E-state index contributed by atoms with van der Waals surface area (Å²) in [5, 5.41) is 8.93. The van der Waals surface area contributed by atoms with Crippen LogP contribution in [0.4, 0.5) is 4.39 Å². The molecule has 0 aliphatic rings. The molecule has 0 unspecified atom stereocenters. The molecule has 0 spiro atoms. The van der Waals surface area contributed by atoms with Crippen LogP contribution in [-0.4, -0.2) is 26.0 Å². The Morgan fingerprint density at radius 2 is 1.64 bits per heavy atom. The monoisotopic (exact) mass is 342 g/mol. The Bertz CT molecular complexity index is 757. The van der Waals surface area contributed by atoms with Crippen molar-refractivity contribution in [3.63, 3.8) is 0 Å². The van der Waals surface area contributed by atoms with Crippen molar-refractivity contribution >= 4 is 11.9 Å². The molecule has 0 bridgehead atoms. The number of benzene rings is 2. The highest BCUT2D eigenvalue weighted by Crippen LogP contribution is 2.09. The zero-order valence-electron chi connectivity index (χ0n) is 14.7. The zero-order chi connectivity index (χ0) is 18.2. The van der Waals surface area contributed by atoms with Gasteiger partial charge in [0.25, 0.3) is 5.91 Å². The van der Waals surface area contributed by atoms with E-state index in [-0.39, 0.29) is 11.7 Å². The lowest BCUT2D eigenvalue weighted by Gasteiger charge is -2.12. The third-order valence-corrected chi connectivity index (χ3v) is 3.82. The molecule has 0 aliphatic carbocycles. The van der Waals surface area contributed by atoms with Crippen molar-refractivity contribution in [1.29, 1.82) is 0 Å². The number of carbonyl (C=O) groups is 1. The van der Waals surface area contributed by atoms with E-state index in [0.29, 0.717) is 30.2 Å². The van der Waals surface area contributed by atoms with Crippen LogP contribution in [0.3, 0.4) is 0 Å². The largest absolute Gasteiger partial charge is 0.355 e. The first kappa shape index (κ1) is 18.4. The quantitative estimate of drug-likeness (QED) is 0.577. The maximum absolute atomic E-state index is 13.6. The Balaban J connectivity index is 1.87. The van der Waals surface area contributed by atoms with E-state index in [1.165, 1.54) is 6.07 Å². The number of rotatable bonds is 5. The number of guanidine groups is 1. The number of hydrogen-bond donors (Lipinski definition) is 3. The molecule has 2 aromatic carbocycles. The molecule has 0 atom stereocenters. The second-order valence-corrected chi connectivity index (χ2v) is 5.64. The van der Waals surface area contributed by atoms with E-state index in [2.05, 4.69) is 20.9 Å². The van der Waals surface area contributed by atoms with Crippen molar-refractivity contribution in [2.24, 2.45) is 4.99 Å². The van der Waals surface area contributed by atoms with Gasteiger partial charge in [0.1, 0.15) is 5.82 Å². The van der Waals surface area contributed by atoms with E-state index in [1.807, 2.05) is 18.2 Å². The maximum atomic E-state index is 13.6. The first-order valence-corrected chi connectivity index (χ1v) is 8.04. The molecule has 1 amide bonds. The van der Waals surface area contributed by atoms with Gasteiger partial charge in [-0.05, 0) is 41.8 Å². The molecule has 25 heavy (non-hydrogen) atoms. The van der Waals surface area contributed by atoms with Crippen molar-refractivity contribution in [2.45, 2.75) is 20.0 Å². The summed E-state index contributed by atoms with van der Waals surface area (Å²) in [5.41, 5.74) is 3.12. The Morgan fingerprint density at radius 1 is 1.04 bits per heavy atom. The Labute approximate surface area is 147 Å². The van der Waals surface area contributed by atoms with Crippen molar-refractivity contribution in [2.75, 3.05) is 14.1 Å². The molecule has 2 aromatic rings. The topological polar surface area (TPSA) is 65.5 Å². The SMILES string of the molecule is CN=C(NCc1ccc(C(=O)NC)cc1)NCc1ccc(C)c(F)c1. The van der Waals surface area contributed by atoms with Gasteiger partial charge in [-0.25, -0.2) is 4.39 Å². The minimum absolute atomic E-state index is 0.109. The Hall–Kier alpha value is -2.89. The second-order valence-electron chi connectivity index (χ2n) is 5.64. The van der Waals surface area contributed by atoms with Crippen LogP contribution in [0.15, 0.2) is 47.5 Å². The third kappa shape index (κ3) is 5.31. The number of halogens is 1. The minimum atomic E-state index is -0.210. The van der Waals surface area contributed by atoms with E-state index < -0.39 is 0 Å². The molecule has 3 N–H and O–H groups in total. The summed E-state index contributed by atoms with van der Waals surface area (Å²) in [6, 6.07) is 12.5. The van der Waals surface area contributed by atoms with Crippen LogP contribution >= 0.6 is 0 Å². The van der Waals surface area contributed by atoms with E-state index in [0.717, 1.165) is 11.1 Å². The number of nitrogens with one attached hydrogen (secondary N) is 3. The summed E-state index contributed by atoms with van der Waals surface area (Å²) < 4.78 is 13.6. The lowest BCUT2D eigenvalue weighted by atomic mass is 10.1. The average Bonchev–Trinajstić information content (AvgIpc) is 2.64. The van der Waals surface area contributed by atoms with Gasteiger partial charge in [0.05, 0.1) is 0 Å². The highest BCUT2D eigenvalue weighted by Gasteiger charge is 2.04. The third-order valence-electron chi connectivity index (χ3n) is 3.82. The zero-order valence-corrected chi connectivity index (χ0v) is 14.7. The fourth-order valence-electron chi connectivity index (χ4n) is 2.26. The molecule has 5 nitrogen and oxygen atoms in total. The normalized spacial score (nSPS) is 11.1. The minimum Gasteiger partial charge on any atom is -0.355 e. The number of aryl methyl sites for hydroxylation is 1. The molecule has 0 aromatic heterocycles. The van der Waals surface area contributed by atoms with Crippen molar-refractivity contribution < 1.29 is 9.18 Å². The molecule has 6 heteroatoms. The molecule has 0 fully saturated rings. The van der Waals surface area contributed by atoms with E-state index in [1.54, 1.807) is 39.2 Å². The van der Waals surface area contributed by atoms with Crippen LogP contribution in [0.1, 0.15) is 27.0 Å². The highest BCUT2D eigenvalue weighted by atomic mass is 19.1. The Kier molecular flexibility index (Phi) is 6.51. The van der Waals surface area contributed by atoms with Gasteiger partial charge >= 0.3 is 0 Å². The fourth-order valence-corrected chi connectivity index (χ4v) is 2.26. The van der Waals surface area contributed by atoms with E-state index >= 15 is 0 Å². The van der Waals surface area contributed by atoms with Crippen molar-refractivity contribution in [1.82, 2.24) is 16.0 Å². The van der Waals surface area contributed by atoms with Gasteiger partial charge in [0.15, 0.2) is 5.96 Å². The molecule has 0 radical (unpaired) electrons. The fraction of sp³-hybridized carbons (Fsp3) is 0.263. The molecule has 0 aliphatic heterocycles. The Morgan fingerprint density at radius 3 is 2.20 bits per heavy atom. The molecular formula is C19H23FN4O. The smallest absolute Gasteiger partial charge is 0.251 e. The summed E-state index contributed by atoms with van der Waals surface area (Å²) >= 11 is 0. The summed E-state index contributed by atoms with van der Waals surface area (Å²) in [6.07, 6.45) is 0. The molecule has 0 saturated heterocycles. The molecular weight excluding hydrogens is 319 g/mol. The average molecular weight is 342 g/mol. The molecule has 0 heterocycles. The van der Waals surface area contributed by atoms with Crippen molar-refractivity contribution in [3.05, 3.63) is 70.5 Å². The van der Waals surface area contributed by atoms with Crippen LogP contribution in [0.25, 0.3) is 0 Å². The maximum Gasteiger partial charge on any atom is 0.251 e. The number of nitrogens with zero attached hydrogens (tertiary/aromatic N) is 1. The van der Waals surface area contributed by atoms with Crippen LogP contribution in [0.2, 0.25) is 0 Å². The van der Waals surface area contributed by atoms with Gasteiger partial charge in [-0.15, -0.1) is 0 Å². The molecule has 132 valence electrons. The van der Waals surface area contributed by atoms with Crippen molar-refractivity contribution in [3.8, 4) is 0 Å². The van der Waals surface area contributed by atoms with Gasteiger partial charge in [-0.2, -0.15) is 0 Å². The van der Waals surface area contributed by atoms with Crippen LogP contribution < -0.4 is 16.0 Å². The van der Waals surface area contributed by atoms with Crippen LogP contribution in [0.5, 0.6) is 0 Å². The predicted octanol–water partition coefficient (Wildman–Crippen LogP) is 2.36. The van der Waals surface area contributed by atoms with E-state index in [9.17, 15) is 9.18 Å². The van der Waals surface area contributed by atoms with Gasteiger partial charge in [-0.3, -0.25) is 9.79 Å². The van der Waals surface area contributed by atoms with Gasteiger partial charge in [0.2, 0.25) is 0 Å². The number of hydrogen-bond acceptors (Lipinski definition) is 2. The van der Waals surface area contributed by atoms with Crippen LogP contribution in [0, 0.1) is 12.7 Å². The lowest BCUT2D eigenvalue weighted by molar-refractivity contribution is 0.0963. The van der Waals surface area contributed by atoms with Gasteiger partial charge in [-0.1, -0.05) is 24.3 Å². The molecule has 2 rings (SSSR count). The summed E-state index contributed by atoms with van der Waals surface area (Å²) in [7, 11) is 3.28. The first-order chi connectivity index (χ1) is 12.0. The lowest BCUT2D eigenvalue weighted by Crippen LogP contribution is -2.36. The van der Waals surface area contributed by atoms with Gasteiger partial charge < -0.3 is 16.0 Å². The first-order valence-electron chi connectivity index (χ1n) is 8.04. The number of carbonyl (C=O) groups excluding carboxylic acids is 1. The summed E-state index contributed by atoms with van der Waals surface area (Å²) in [6.45, 7) is 2.78. The highest BCUT2D eigenvalue weighted by molar-refractivity contribution is 5.93. The predicted molar refractivity (Wildman–Crippen MR) is 98.0 cm³/mol. The molecule has 0 saturated carbocycles. The number of amides is 1.